The highest BCUT2D eigenvalue weighted by molar-refractivity contribution is 5.89. The summed E-state index contributed by atoms with van der Waals surface area (Å²) < 4.78 is 30.8. The second kappa shape index (κ2) is 7.34. The number of anilines is 1. The Labute approximate surface area is 132 Å². The number of nitrogens with one attached hydrogen (secondary N) is 1. The SMILES string of the molecule is NC(=O)OCc1cccc(NC(=O)CC2CCC(F)(F)CC2)n1. The van der Waals surface area contributed by atoms with Crippen LogP contribution in [0.25, 0.3) is 0 Å². The Hall–Kier alpha value is -2.25. The quantitative estimate of drug-likeness (QED) is 0.869. The van der Waals surface area contributed by atoms with Crippen LogP contribution in [0.5, 0.6) is 0 Å². The molecule has 8 heteroatoms. The number of hydrogen-bond acceptors (Lipinski definition) is 4. The van der Waals surface area contributed by atoms with Gasteiger partial charge in [0.15, 0.2) is 0 Å². The molecule has 0 aliphatic heterocycles. The maximum Gasteiger partial charge on any atom is 0.404 e. The molecule has 1 fully saturated rings. The van der Waals surface area contributed by atoms with E-state index in [2.05, 4.69) is 15.0 Å². The third-order valence-electron chi connectivity index (χ3n) is 3.75. The molecule has 0 bridgehead atoms. The van der Waals surface area contributed by atoms with Crippen molar-refractivity contribution in [2.24, 2.45) is 11.7 Å². The molecule has 0 radical (unpaired) electrons. The fourth-order valence-corrected chi connectivity index (χ4v) is 2.53. The van der Waals surface area contributed by atoms with Crippen LogP contribution in [0.2, 0.25) is 0 Å². The molecule has 0 aromatic carbocycles. The van der Waals surface area contributed by atoms with Crippen molar-refractivity contribution < 1.29 is 23.1 Å². The minimum Gasteiger partial charge on any atom is -0.443 e. The van der Waals surface area contributed by atoms with Gasteiger partial charge in [0.2, 0.25) is 11.8 Å². The Bertz CT molecular complexity index is 571. The predicted octanol–water partition coefficient (Wildman–Crippen LogP) is 2.83. The van der Waals surface area contributed by atoms with Crippen LogP contribution in [0.4, 0.5) is 19.4 Å². The van der Waals surface area contributed by atoms with Crippen LogP contribution in [0, 0.1) is 5.92 Å². The molecular formula is C15H19F2N3O3. The molecule has 1 aliphatic carbocycles. The highest BCUT2D eigenvalue weighted by atomic mass is 19.3. The van der Waals surface area contributed by atoms with Crippen LogP contribution < -0.4 is 11.1 Å². The molecule has 1 aliphatic rings. The number of carbonyl (C=O) groups excluding carboxylic acids is 2. The standard InChI is InChI=1S/C15H19F2N3O3/c16-15(17)6-4-10(5-7-15)8-13(21)20-12-3-1-2-11(19-12)9-23-14(18)22/h1-3,10H,4-9H2,(H2,18,22)(H,19,20,21). The highest BCUT2D eigenvalue weighted by Gasteiger charge is 2.35. The number of halogens is 2. The molecule has 126 valence electrons. The van der Waals surface area contributed by atoms with E-state index in [-0.39, 0.29) is 37.7 Å². The number of amides is 2. The van der Waals surface area contributed by atoms with Gasteiger partial charge >= 0.3 is 6.09 Å². The molecule has 6 nitrogen and oxygen atoms in total. The zero-order chi connectivity index (χ0) is 16.9. The summed E-state index contributed by atoms with van der Waals surface area (Å²) in [5.74, 6) is -2.57. The number of pyridine rings is 1. The number of aromatic nitrogens is 1. The summed E-state index contributed by atoms with van der Waals surface area (Å²) in [5.41, 5.74) is 5.31. The first-order chi connectivity index (χ1) is 10.8. The highest BCUT2D eigenvalue weighted by Crippen LogP contribution is 2.37. The topological polar surface area (TPSA) is 94.3 Å². The molecule has 2 rings (SSSR count). The lowest BCUT2D eigenvalue weighted by atomic mass is 9.84. The average molecular weight is 327 g/mol. The lowest BCUT2D eigenvalue weighted by molar-refractivity contribution is -0.118. The van der Waals surface area contributed by atoms with Gasteiger partial charge in [-0.05, 0) is 30.9 Å². The molecule has 1 saturated carbocycles. The van der Waals surface area contributed by atoms with Crippen molar-refractivity contribution in [3.8, 4) is 0 Å². The maximum atomic E-state index is 13.1. The summed E-state index contributed by atoms with van der Waals surface area (Å²) in [6.45, 7) is -0.0866. The normalized spacial score (nSPS) is 17.5. The van der Waals surface area contributed by atoms with Gasteiger partial charge in [-0.1, -0.05) is 6.07 Å². The van der Waals surface area contributed by atoms with Crippen molar-refractivity contribution >= 4 is 17.8 Å². The van der Waals surface area contributed by atoms with Gasteiger partial charge < -0.3 is 15.8 Å². The van der Waals surface area contributed by atoms with E-state index in [1.165, 1.54) is 0 Å². The number of rotatable bonds is 5. The zero-order valence-corrected chi connectivity index (χ0v) is 12.6. The number of ether oxygens (including phenoxy) is 1. The van der Waals surface area contributed by atoms with Crippen LogP contribution in [-0.2, 0) is 16.1 Å². The number of hydrogen-bond donors (Lipinski definition) is 2. The molecule has 0 spiro atoms. The molecule has 1 aromatic heterocycles. The lowest BCUT2D eigenvalue weighted by Crippen LogP contribution is -2.27. The minimum atomic E-state index is -2.59. The number of carbonyl (C=O) groups is 2. The number of nitrogens with two attached hydrogens (primary N) is 1. The molecule has 0 unspecified atom stereocenters. The fraction of sp³-hybridized carbons (Fsp3) is 0.533. The van der Waals surface area contributed by atoms with Gasteiger partial charge in [-0.25, -0.2) is 18.6 Å². The summed E-state index contributed by atoms with van der Waals surface area (Å²) in [4.78, 5) is 26.6. The Kier molecular flexibility index (Phi) is 5.46. The van der Waals surface area contributed by atoms with Crippen molar-refractivity contribution in [3.05, 3.63) is 23.9 Å². The molecular weight excluding hydrogens is 308 g/mol. The van der Waals surface area contributed by atoms with Crippen LogP contribution >= 0.6 is 0 Å². The second-order valence-electron chi connectivity index (χ2n) is 5.67. The summed E-state index contributed by atoms with van der Waals surface area (Å²) >= 11 is 0. The van der Waals surface area contributed by atoms with Crippen molar-refractivity contribution in [2.45, 2.75) is 44.6 Å². The summed E-state index contributed by atoms with van der Waals surface area (Å²) in [5, 5.41) is 2.63. The van der Waals surface area contributed by atoms with E-state index in [1.807, 2.05) is 0 Å². The number of nitrogens with zero attached hydrogens (tertiary/aromatic N) is 1. The Morgan fingerprint density at radius 1 is 1.35 bits per heavy atom. The van der Waals surface area contributed by atoms with E-state index in [0.29, 0.717) is 24.4 Å². The molecule has 1 aromatic rings. The molecule has 0 saturated heterocycles. The van der Waals surface area contributed by atoms with E-state index in [1.54, 1.807) is 18.2 Å². The maximum absolute atomic E-state index is 13.1. The molecule has 0 atom stereocenters. The Morgan fingerprint density at radius 2 is 2.04 bits per heavy atom. The van der Waals surface area contributed by atoms with E-state index >= 15 is 0 Å². The van der Waals surface area contributed by atoms with Gasteiger partial charge in [-0.3, -0.25) is 4.79 Å². The smallest absolute Gasteiger partial charge is 0.404 e. The van der Waals surface area contributed by atoms with E-state index in [9.17, 15) is 18.4 Å². The van der Waals surface area contributed by atoms with Crippen molar-refractivity contribution in [1.82, 2.24) is 4.98 Å². The zero-order valence-electron chi connectivity index (χ0n) is 12.6. The van der Waals surface area contributed by atoms with E-state index in [4.69, 9.17) is 5.73 Å². The predicted molar refractivity (Wildman–Crippen MR) is 78.8 cm³/mol. The van der Waals surface area contributed by atoms with Crippen LogP contribution in [-0.4, -0.2) is 22.9 Å². The fourth-order valence-electron chi connectivity index (χ4n) is 2.53. The summed E-state index contributed by atoms with van der Waals surface area (Å²) in [6, 6.07) is 4.88. The van der Waals surface area contributed by atoms with Crippen molar-refractivity contribution in [1.29, 1.82) is 0 Å². The number of alkyl halides is 2. The number of primary amides is 1. The third-order valence-corrected chi connectivity index (χ3v) is 3.75. The van der Waals surface area contributed by atoms with E-state index in [0.717, 1.165) is 0 Å². The van der Waals surface area contributed by atoms with Gasteiger partial charge in [0.25, 0.3) is 0 Å². The molecule has 2 amide bonds. The van der Waals surface area contributed by atoms with Crippen molar-refractivity contribution in [2.75, 3.05) is 5.32 Å². The van der Waals surface area contributed by atoms with E-state index < -0.39 is 12.0 Å². The second-order valence-corrected chi connectivity index (χ2v) is 5.67. The lowest BCUT2D eigenvalue weighted by Gasteiger charge is -2.27. The van der Waals surface area contributed by atoms with Crippen molar-refractivity contribution in [3.63, 3.8) is 0 Å². The monoisotopic (exact) mass is 327 g/mol. The first-order valence-electron chi connectivity index (χ1n) is 7.40. The van der Waals surface area contributed by atoms with Gasteiger partial charge in [-0.2, -0.15) is 0 Å². The minimum absolute atomic E-state index is 0.0315. The summed E-state index contributed by atoms with van der Waals surface area (Å²) in [6.07, 6.45) is -0.345. The Morgan fingerprint density at radius 3 is 2.70 bits per heavy atom. The van der Waals surface area contributed by atoms with Crippen LogP contribution in [0.3, 0.4) is 0 Å². The van der Waals surface area contributed by atoms with Crippen LogP contribution in [0.1, 0.15) is 37.8 Å². The molecule has 3 N–H and O–H groups in total. The Balaban J connectivity index is 1.83. The van der Waals surface area contributed by atoms with Gasteiger partial charge in [-0.15, -0.1) is 0 Å². The average Bonchev–Trinajstić information content (AvgIpc) is 2.48. The summed E-state index contributed by atoms with van der Waals surface area (Å²) in [7, 11) is 0. The van der Waals surface area contributed by atoms with Gasteiger partial charge in [0.1, 0.15) is 12.4 Å². The van der Waals surface area contributed by atoms with Gasteiger partial charge in [0, 0.05) is 19.3 Å². The largest absolute Gasteiger partial charge is 0.443 e. The molecule has 1 heterocycles. The third kappa shape index (κ3) is 5.80. The first kappa shape index (κ1) is 17.1. The molecule has 23 heavy (non-hydrogen) atoms. The van der Waals surface area contributed by atoms with Crippen LogP contribution in [0.15, 0.2) is 18.2 Å². The van der Waals surface area contributed by atoms with Gasteiger partial charge in [0.05, 0.1) is 5.69 Å². The first-order valence-corrected chi connectivity index (χ1v) is 7.40.